The van der Waals surface area contributed by atoms with Gasteiger partial charge in [-0.2, -0.15) is 0 Å². The number of thiazole rings is 1. The number of hydrogen-bond donors (Lipinski definition) is 0. The van der Waals surface area contributed by atoms with Crippen LogP contribution in [-0.2, 0) is 22.6 Å². The molecule has 7 heteroatoms. The van der Waals surface area contributed by atoms with Crippen molar-refractivity contribution < 1.29 is 14.3 Å². The first kappa shape index (κ1) is 28.1. The first-order chi connectivity index (χ1) is 19.9. The van der Waals surface area contributed by atoms with Gasteiger partial charge in [-0.3, -0.25) is 9.36 Å². The Morgan fingerprint density at radius 3 is 2.54 bits per heavy atom. The number of carbonyl (C=O) groups is 1. The molecule has 1 atom stereocenters. The molecule has 1 aliphatic heterocycles. The quantitative estimate of drug-likeness (QED) is 0.201. The van der Waals surface area contributed by atoms with Gasteiger partial charge in [0.05, 0.1) is 28.5 Å². The molecule has 208 valence electrons. The second-order valence-electron chi connectivity index (χ2n) is 9.85. The van der Waals surface area contributed by atoms with Gasteiger partial charge in [0.2, 0.25) is 0 Å². The highest BCUT2D eigenvalue weighted by Gasteiger charge is 2.33. The Morgan fingerprint density at radius 1 is 1.07 bits per heavy atom. The maximum atomic E-state index is 13.9. The molecule has 1 aromatic heterocycles. The second-order valence-corrected chi connectivity index (χ2v) is 10.9. The van der Waals surface area contributed by atoms with E-state index in [9.17, 15) is 9.59 Å². The number of ether oxygens (including phenoxy) is 2. The van der Waals surface area contributed by atoms with Crippen LogP contribution >= 0.6 is 11.3 Å². The summed E-state index contributed by atoms with van der Waals surface area (Å²) in [7, 11) is 0. The van der Waals surface area contributed by atoms with Crippen molar-refractivity contribution >= 4 is 23.4 Å². The highest BCUT2D eigenvalue weighted by Crippen LogP contribution is 2.31. The molecule has 0 unspecified atom stereocenters. The molecule has 1 aliphatic rings. The molecular formula is C34H32N2O4S. The molecule has 2 heterocycles. The van der Waals surface area contributed by atoms with Gasteiger partial charge in [0.25, 0.3) is 5.56 Å². The highest BCUT2D eigenvalue weighted by molar-refractivity contribution is 7.07. The third-order valence-corrected chi connectivity index (χ3v) is 7.88. The fourth-order valence-corrected chi connectivity index (χ4v) is 5.93. The van der Waals surface area contributed by atoms with E-state index in [1.807, 2.05) is 91.9 Å². The maximum absolute atomic E-state index is 13.9. The van der Waals surface area contributed by atoms with E-state index < -0.39 is 12.0 Å². The molecule has 0 bridgehead atoms. The van der Waals surface area contributed by atoms with Crippen LogP contribution in [-0.4, -0.2) is 17.1 Å². The number of allylic oxidation sites excluding steroid dienone is 2. The Labute approximate surface area is 243 Å². The molecule has 3 aromatic carbocycles. The van der Waals surface area contributed by atoms with Gasteiger partial charge in [-0.05, 0) is 67.7 Å². The summed E-state index contributed by atoms with van der Waals surface area (Å²) < 4.78 is 13.6. The standard InChI is InChI=1S/C34H32N2O4S/c1-5-10-27-19-25(15-18-28(27)40-21-24-11-8-7-9-12-24)20-29-32(37)36-31(26-16-13-22(3)14-17-26)30(33(38)39-6-2)23(4)35-34(36)41-29/h5,7-9,11-20,31H,1,6,10,21H2,2-4H3/b29-20+/t31-/m0/s1. The molecule has 6 nitrogen and oxygen atoms in total. The topological polar surface area (TPSA) is 69.9 Å². The summed E-state index contributed by atoms with van der Waals surface area (Å²) in [5, 5.41) is 0. The lowest BCUT2D eigenvalue weighted by Crippen LogP contribution is -2.39. The van der Waals surface area contributed by atoms with Crippen LogP contribution in [0.15, 0.2) is 107 Å². The summed E-state index contributed by atoms with van der Waals surface area (Å²) in [4.78, 5) is 32.2. The number of carbonyl (C=O) groups excluding carboxylic acids is 1. The van der Waals surface area contributed by atoms with E-state index in [2.05, 4.69) is 11.6 Å². The van der Waals surface area contributed by atoms with Gasteiger partial charge in [0, 0.05) is 0 Å². The van der Waals surface area contributed by atoms with Crippen LogP contribution in [0.25, 0.3) is 6.08 Å². The zero-order valence-electron chi connectivity index (χ0n) is 23.4. The third kappa shape index (κ3) is 6.00. The number of rotatable bonds is 9. The summed E-state index contributed by atoms with van der Waals surface area (Å²) in [6.07, 6.45) is 4.33. The summed E-state index contributed by atoms with van der Waals surface area (Å²) in [5.74, 6) is 0.315. The summed E-state index contributed by atoms with van der Waals surface area (Å²) in [6, 6.07) is 23.1. The molecule has 0 radical (unpaired) electrons. The molecule has 4 aromatic rings. The van der Waals surface area contributed by atoms with Gasteiger partial charge in [-0.15, -0.1) is 6.58 Å². The number of nitrogens with zero attached hydrogens (tertiary/aromatic N) is 2. The summed E-state index contributed by atoms with van der Waals surface area (Å²) >= 11 is 1.31. The van der Waals surface area contributed by atoms with Crippen LogP contribution in [0.3, 0.4) is 0 Å². The summed E-state index contributed by atoms with van der Waals surface area (Å²) in [6.45, 7) is 10.2. The fourth-order valence-electron chi connectivity index (χ4n) is 4.89. The lowest BCUT2D eigenvalue weighted by atomic mass is 9.95. The molecule has 5 rings (SSSR count). The highest BCUT2D eigenvalue weighted by atomic mass is 32.1. The Morgan fingerprint density at radius 2 is 1.83 bits per heavy atom. The zero-order valence-corrected chi connectivity index (χ0v) is 24.2. The van der Waals surface area contributed by atoms with E-state index in [4.69, 9.17) is 9.47 Å². The van der Waals surface area contributed by atoms with Crippen LogP contribution in [0.2, 0.25) is 0 Å². The molecule has 0 fully saturated rings. The van der Waals surface area contributed by atoms with Crippen molar-refractivity contribution in [3.63, 3.8) is 0 Å². The van der Waals surface area contributed by atoms with Crippen LogP contribution in [0.4, 0.5) is 0 Å². The molecule has 0 amide bonds. The number of aryl methyl sites for hydroxylation is 1. The van der Waals surface area contributed by atoms with Crippen molar-refractivity contribution in [1.82, 2.24) is 4.57 Å². The van der Waals surface area contributed by atoms with Gasteiger partial charge in [0.1, 0.15) is 12.4 Å². The molecule has 0 saturated carbocycles. The molecule has 0 saturated heterocycles. The van der Waals surface area contributed by atoms with Crippen molar-refractivity contribution in [1.29, 1.82) is 0 Å². The SMILES string of the molecule is C=CCc1cc(/C=c2/sc3n(c2=O)[C@@H](c2ccc(C)cc2)C(C(=O)OCC)=C(C)N=3)ccc1OCc1ccccc1. The second kappa shape index (κ2) is 12.4. The molecule has 0 spiro atoms. The smallest absolute Gasteiger partial charge is 0.338 e. The summed E-state index contributed by atoms with van der Waals surface area (Å²) in [5.41, 5.74) is 5.58. The first-order valence-corrected chi connectivity index (χ1v) is 14.4. The van der Waals surface area contributed by atoms with E-state index in [-0.39, 0.29) is 12.2 Å². The van der Waals surface area contributed by atoms with E-state index >= 15 is 0 Å². The van der Waals surface area contributed by atoms with Crippen LogP contribution in [0.1, 0.15) is 47.7 Å². The van der Waals surface area contributed by atoms with Crippen molar-refractivity contribution in [2.24, 2.45) is 4.99 Å². The largest absolute Gasteiger partial charge is 0.489 e. The van der Waals surface area contributed by atoms with E-state index in [0.717, 1.165) is 33.6 Å². The minimum absolute atomic E-state index is 0.205. The average molecular weight is 565 g/mol. The Balaban J connectivity index is 1.56. The average Bonchev–Trinajstić information content (AvgIpc) is 3.27. The monoisotopic (exact) mass is 564 g/mol. The molecule has 0 N–H and O–H groups in total. The molecule has 0 aliphatic carbocycles. The molecular weight excluding hydrogens is 532 g/mol. The normalized spacial score (nSPS) is 14.8. The zero-order chi connectivity index (χ0) is 28.9. The lowest BCUT2D eigenvalue weighted by Gasteiger charge is -2.24. The van der Waals surface area contributed by atoms with Gasteiger partial charge < -0.3 is 9.47 Å². The predicted octanol–water partition coefficient (Wildman–Crippen LogP) is 5.41. The number of esters is 1. The lowest BCUT2D eigenvalue weighted by molar-refractivity contribution is -0.139. The third-order valence-electron chi connectivity index (χ3n) is 6.89. The van der Waals surface area contributed by atoms with Crippen molar-refractivity contribution in [2.45, 2.75) is 39.8 Å². The van der Waals surface area contributed by atoms with Gasteiger partial charge >= 0.3 is 5.97 Å². The van der Waals surface area contributed by atoms with Gasteiger partial charge in [0.15, 0.2) is 4.80 Å². The fraction of sp³-hybridized carbons (Fsp3) is 0.206. The Bertz CT molecular complexity index is 1800. The number of fused-ring (bicyclic) bond motifs is 1. The van der Waals surface area contributed by atoms with Crippen molar-refractivity contribution in [2.75, 3.05) is 6.61 Å². The van der Waals surface area contributed by atoms with Crippen molar-refractivity contribution in [3.8, 4) is 5.75 Å². The van der Waals surface area contributed by atoms with Gasteiger partial charge in [-0.25, -0.2) is 9.79 Å². The minimum atomic E-state index is -0.627. The predicted molar refractivity (Wildman–Crippen MR) is 163 cm³/mol. The van der Waals surface area contributed by atoms with Crippen LogP contribution in [0.5, 0.6) is 5.75 Å². The Kier molecular flexibility index (Phi) is 8.45. The molecule has 41 heavy (non-hydrogen) atoms. The maximum Gasteiger partial charge on any atom is 0.338 e. The number of benzene rings is 3. The first-order valence-electron chi connectivity index (χ1n) is 13.6. The Hall–Kier alpha value is -4.49. The van der Waals surface area contributed by atoms with E-state index in [1.165, 1.54) is 11.3 Å². The van der Waals surface area contributed by atoms with E-state index in [0.29, 0.717) is 33.6 Å². The van der Waals surface area contributed by atoms with E-state index in [1.54, 1.807) is 18.4 Å². The van der Waals surface area contributed by atoms with Crippen LogP contribution in [0, 0.1) is 6.92 Å². The van der Waals surface area contributed by atoms with Crippen molar-refractivity contribution in [3.05, 3.63) is 144 Å². The van der Waals surface area contributed by atoms with Gasteiger partial charge in [-0.1, -0.05) is 83.6 Å². The number of hydrogen-bond acceptors (Lipinski definition) is 6. The number of aromatic nitrogens is 1. The van der Waals surface area contributed by atoms with Crippen LogP contribution < -0.4 is 19.6 Å². The minimum Gasteiger partial charge on any atom is -0.489 e.